The fraction of sp³-hybridized carbons (Fsp3) is 0.120. The first kappa shape index (κ1) is 20.4. The monoisotopic (exact) mass is 449 g/mol. The van der Waals surface area contributed by atoms with Crippen molar-refractivity contribution in [1.82, 2.24) is 4.90 Å². The lowest BCUT2D eigenvalue weighted by molar-refractivity contribution is 0.0583. The lowest BCUT2D eigenvalue weighted by Crippen LogP contribution is -2.33. The van der Waals surface area contributed by atoms with Gasteiger partial charge in [0.25, 0.3) is 5.91 Å². The van der Waals surface area contributed by atoms with Crippen LogP contribution in [0.2, 0.25) is 5.02 Å². The van der Waals surface area contributed by atoms with Gasteiger partial charge in [-0.15, -0.1) is 0 Å². The summed E-state index contributed by atoms with van der Waals surface area (Å²) in [7, 11) is 0. The molecule has 1 aliphatic heterocycles. The molecule has 0 bridgehead atoms. The van der Waals surface area contributed by atoms with Crippen LogP contribution in [0.3, 0.4) is 0 Å². The van der Waals surface area contributed by atoms with Crippen molar-refractivity contribution in [1.29, 1.82) is 0 Å². The number of fused-ring (bicyclic) bond motifs is 2. The summed E-state index contributed by atoms with van der Waals surface area (Å²) < 4.78 is 19.9. The maximum Gasteiger partial charge on any atom is 0.291 e. The Morgan fingerprint density at radius 1 is 1.03 bits per heavy atom. The van der Waals surface area contributed by atoms with Crippen LogP contribution in [-0.2, 0) is 0 Å². The van der Waals surface area contributed by atoms with E-state index in [1.54, 1.807) is 36.4 Å². The highest BCUT2D eigenvalue weighted by atomic mass is 35.5. The van der Waals surface area contributed by atoms with Gasteiger partial charge in [-0.1, -0.05) is 54.1 Å². The van der Waals surface area contributed by atoms with Crippen LogP contribution >= 0.6 is 11.6 Å². The van der Waals surface area contributed by atoms with Crippen molar-refractivity contribution in [2.75, 3.05) is 6.54 Å². The molecule has 4 aromatic rings. The average molecular weight is 450 g/mol. The highest BCUT2D eigenvalue weighted by Crippen LogP contribution is 2.39. The summed E-state index contributed by atoms with van der Waals surface area (Å²) >= 11 is 6.07. The van der Waals surface area contributed by atoms with Gasteiger partial charge in [0.2, 0.25) is 5.76 Å². The molecule has 2 heterocycles. The first-order valence-corrected chi connectivity index (χ1v) is 10.4. The molecule has 0 spiro atoms. The Morgan fingerprint density at radius 3 is 2.56 bits per heavy atom. The van der Waals surface area contributed by atoms with Gasteiger partial charge in [0, 0.05) is 5.02 Å². The molecule has 0 unspecified atom stereocenters. The van der Waals surface area contributed by atoms with Crippen molar-refractivity contribution >= 4 is 28.5 Å². The summed E-state index contributed by atoms with van der Waals surface area (Å²) in [6.07, 6.45) is -1.01. The van der Waals surface area contributed by atoms with Gasteiger partial charge in [-0.2, -0.15) is 0 Å². The van der Waals surface area contributed by atoms with E-state index in [4.69, 9.17) is 16.0 Å². The normalized spacial score (nSPS) is 16.4. The fourth-order valence-corrected chi connectivity index (χ4v) is 4.34. The van der Waals surface area contributed by atoms with Crippen LogP contribution in [0.1, 0.15) is 39.4 Å². The molecule has 7 heteroatoms. The molecule has 1 amide bonds. The molecular formula is C25H17ClFNO4. The molecule has 5 rings (SSSR count). The first-order valence-electron chi connectivity index (χ1n) is 10.00. The number of hydrogen-bond donors (Lipinski definition) is 1. The van der Waals surface area contributed by atoms with E-state index in [2.05, 4.69) is 0 Å². The van der Waals surface area contributed by atoms with Crippen molar-refractivity contribution in [3.63, 3.8) is 0 Å². The number of aliphatic hydroxyl groups is 1. The third-order valence-electron chi connectivity index (χ3n) is 5.65. The number of halogens is 2. The Bertz CT molecular complexity index is 1400. The smallest absolute Gasteiger partial charge is 0.291 e. The maximum atomic E-state index is 14.1. The summed E-state index contributed by atoms with van der Waals surface area (Å²) in [4.78, 5) is 28.1. The topological polar surface area (TPSA) is 70.8 Å². The second kappa shape index (κ2) is 7.89. The van der Waals surface area contributed by atoms with Crippen LogP contribution in [0, 0.1) is 5.82 Å². The molecule has 0 fully saturated rings. The zero-order valence-electron chi connectivity index (χ0n) is 16.7. The molecule has 2 atom stereocenters. The number of carbonyl (C=O) groups is 1. The molecule has 0 saturated carbocycles. The fourth-order valence-electron chi connectivity index (χ4n) is 4.17. The number of carbonyl (C=O) groups excluding carboxylic acids is 1. The Balaban J connectivity index is 1.69. The number of nitrogens with zero attached hydrogens (tertiary/aromatic N) is 1. The molecule has 5 nitrogen and oxygen atoms in total. The van der Waals surface area contributed by atoms with E-state index in [-0.39, 0.29) is 28.8 Å². The van der Waals surface area contributed by atoms with Crippen LogP contribution in [0.5, 0.6) is 0 Å². The third-order valence-corrected chi connectivity index (χ3v) is 5.88. The van der Waals surface area contributed by atoms with Gasteiger partial charge in [-0.05, 0) is 41.5 Å². The molecule has 1 aromatic heterocycles. The number of β-amino-alcohol motifs (C(OH)–C–C–N with tert-alkyl or cyclic N) is 1. The van der Waals surface area contributed by atoms with Gasteiger partial charge in [-0.3, -0.25) is 9.59 Å². The summed E-state index contributed by atoms with van der Waals surface area (Å²) in [5.41, 5.74) is 0.949. The van der Waals surface area contributed by atoms with E-state index in [0.29, 0.717) is 16.1 Å². The van der Waals surface area contributed by atoms with Gasteiger partial charge in [0.1, 0.15) is 11.4 Å². The molecule has 0 saturated heterocycles. The first-order chi connectivity index (χ1) is 15.4. The lowest BCUT2D eigenvalue weighted by atomic mass is 9.98. The molecule has 1 aliphatic rings. The number of amides is 1. The third kappa shape index (κ3) is 3.38. The Morgan fingerprint density at radius 2 is 1.81 bits per heavy atom. The Labute approximate surface area is 187 Å². The zero-order chi connectivity index (χ0) is 22.4. The predicted octanol–water partition coefficient (Wildman–Crippen LogP) is 4.86. The second-order valence-corrected chi connectivity index (χ2v) is 8.09. The largest absolute Gasteiger partial charge is 0.450 e. The molecule has 0 aliphatic carbocycles. The van der Waals surface area contributed by atoms with E-state index >= 15 is 0 Å². The summed E-state index contributed by atoms with van der Waals surface area (Å²) in [5, 5.41) is 11.4. The standard InChI is InChI=1S/C25H17ClFNO4/c26-16-9-10-20-18(12-16)23(30)21-22(15-7-4-8-17(27)11-15)28(25(31)24(21)32-20)13-19(29)14-5-2-1-3-6-14/h1-12,19,22,29H,13H2/t19-,22-/m0/s1. The molecule has 3 aromatic carbocycles. The molecule has 160 valence electrons. The van der Waals surface area contributed by atoms with Crippen molar-refractivity contribution in [3.05, 3.63) is 116 Å². The lowest BCUT2D eigenvalue weighted by Gasteiger charge is -2.27. The van der Waals surface area contributed by atoms with Gasteiger partial charge < -0.3 is 14.4 Å². The molecule has 1 N–H and O–H groups in total. The summed E-state index contributed by atoms with van der Waals surface area (Å²) in [6.45, 7) is -0.106. The number of aliphatic hydroxyl groups excluding tert-OH is 1. The van der Waals surface area contributed by atoms with E-state index < -0.39 is 29.3 Å². The minimum absolute atomic E-state index is 0.106. The second-order valence-electron chi connectivity index (χ2n) is 7.66. The van der Waals surface area contributed by atoms with Gasteiger partial charge in [-0.25, -0.2) is 4.39 Å². The quantitative estimate of drug-likeness (QED) is 0.483. The van der Waals surface area contributed by atoms with E-state index in [1.807, 2.05) is 6.07 Å². The minimum atomic E-state index is -1.01. The Kier molecular flexibility index (Phi) is 5.04. The zero-order valence-corrected chi connectivity index (χ0v) is 17.4. The number of benzene rings is 3. The van der Waals surface area contributed by atoms with E-state index in [0.717, 1.165) is 0 Å². The predicted molar refractivity (Wildman–Crippen MR) is 118 cm³/mol. The van der Waals surface area contributed by atoms with Gasteiger partial charge in [0.05, 0.1) is 29.6 Å². The van der Waals surface area contributed by atoms with Crippen LogP contribution in [0.4, 0.5) is 4.39 Å². The average Bonchev–Trinajstić information content (AvgIpc) is 3.07. The molecule has 32 heavy (non-hydrogen) atoms. The van der Waals surface area contributed by atoms with Crippen LogP contribution in [0.25, 0.3) is 11.0 Å². The molecule has 0 radical (unpaired) electrons. The van der Waals surface area contributed by atoms with Crippen LogP contribution < -0.4 is 5.43 Å². The highest BCUT2D eigenvalue weighted by Gasteiger charge is 2.43. The highest BCUT2D eigenvalue weighted by molar-refractivity contribution is 6.31. The van der Waals surface area contributed by atoms with Gasteiger partial charge >= 0.3 is 0 Å². The van der Waals surface area contributed by atoms with Crippen molar-refractivity contribution in [2.45, 2.75) is 12.1 Å². The van der Waals surface area contributed by atoms with Gasteiger partial charge in [0.15, 0.2) is 5.43 Å². The summed E-state index contributed by atoms with van der Waals surface area (Å²) in [6, 6.07) is 18.3. The van der Waals surface area contributed by atoms with Crippen LogP contribution in [-0.4, -0.2) is 22.5 Å². The number of rotatable bonds is 4. The van der Waals surface area contributed by atoms with Crippen LogP contribution in [0.15, 0.2) is 82.0 Å². The SMILES string of the molecule is O=C1c2oc3ccc(Cl)cc3c(=O)c2[C@H](c2cccc(F)c2)N1C[C@H](O)c1ccccc1. The van der Waals surface area contributed by atoms with E-state index in [9.17, 15) is 19.1 Å². The molecular weight excluding hydrogens is 433 g/mol. The maximum absolute atomic E-state index is 14.1. The summed E-state index contributed by atoms with van der Waals surface area (Å²) in [5.74, 6) is -1.15. The minimum Gasteiger partial charge on any atom is -0.450 e. The van der Waals surface area contributed by atoms with Crippen molar-refractivity contribution in [3.8, 4) is 0 Å². The van der Waals surface area contributed by atoms with Crippen molar-refractivity contribution < 1.29 is 18.7 Å². The van der Waals surface area contributed by atoms with E-state index in [1.165, 1.54) is 35.2 Å². The van der Waals surface area contributed by atoms with Crippen molar-refractivity contribution in [2.24, 2.45) is 0 Å². The Hall–Kier alpha value is -3.48. The number of hydrogen-bond acceptors (Lipinski definition) is 4.